The number of nitrogens with zero attached hydrogens (tertiary/aromatic N) is 4. The summed E-state index contributed by atoms with van der Waals surface area (Å²) in [6.07, 6.45) is 1.97. The van der Waals surface area contributed by atoms with Gasteiger partial charge in [-0.15, -0.1) is 0 Å². The molecule has 0 bridgehead atoms. The second-order valence-electron chi connectivity index (χ2n) is 8.06. The lowest BCUT2D eigenvalue weighted by Gasteiger charge is -2.16. The number of carboxylic acid groups (broad SMARTS) is 1. The minimum absolute atomic E-state index is 0.0283. The Labute approximate surface area is 208 Å². The summed E-state index contributed by atoms with van der Waals surface area (Å²) in [5.41, 5.74) is 3.02. The number of carboxylic acids is 1. The van der Waals surface area contributed by atoms with E-state index in [-0.39, 0.29) is 17.1 Å². The van der Waals surface area contributed by atoms with E-state index in [1.807, 2.05) is 5.32 Å². The van der Waals surface area contributed by atoms with Gasteiger partial charge in [-0.2, -0.15) is 18.3 Å². The van der Waals surface area contributed by atoms with Crippen LogP contribution in [-0.2, 0) is 4.79 Å². The molecular formula is C24H22F3N5O5. The second-order valence-corrected chi connectivity index (χ2v) is 8.06. The largest absolute Gasteiger partial charge is 0.496 e. The first-order valence-electron chi connectivity index (χ1n) is 10.9. The topological polar surface area (TPSA) is 120 Å². The molecule has 3 heterocycles. The number of hydrogen-bond acceptors (Lipinski definition) is 6. The number of aromatic nitrogens is 4. The van der Waals surface area contributed by atoms with Crippen LogP contribution in [0.15, 0.2) is 49.1 Å². The third-order valence-electron chi connectivity index (χ3n) is 5.68. The monoisotopic (exact) mass is 517 g/mol. The third-order valence-corrected chi connectivity index (χ3v) is 5.68. The van der Waals surface area contributed by atoms with Crippen LogP contribution in [0.5, 0.6) is 11.5 Å². The second kappa shape index (κ2) is 9.84. The van der Waals surface area contributed by atoms with E-state index in [0.29, 0.717) is 22.5 Å². The van der Waals surface area contributed by atoms with Crippen molar-refractivity contribution in [1.29, 1.82) is 0 Å². The number of nitrogens with one attached hydrogen (secondary N) is 1. The van der Waals surface area contributed by atoms with Gasteiger partial charge in [0.1, 0.15) is 35.3 Å². The number of rotatable bonds is 8. The number of ether oxygens (including phenoxy) is 2. The summed E-state index contributed by atoms with van der Waals surface area (Å²) >= 11 is 0. The average molecular weight is 517 g/mol. The Morgan fingerprint density at radius 3 is 2.35 bits per heavy atom. The normalized spacial score (nSPS) is 12.4. The highest BCUT2D eigenvalue weighted by molar-refractivity contribution is 6.00. The van der Waals surface area contributed by atoms with E-state index in [4.69, 9.17) is 9.47 Å². The predicted octanol–water partition coefficient (Wildman–Crippen LogP) is 3.82. The van der Waals surface area contributed by atoms with Crippen LogP contribution in [0, 0.1) is 0 Å². The van der Waals surface area contributed by atoms with Gasteiger partial charge in [0.05, 0.1) is 32.3 Å². The summed E-state index contributed by atoms with van der Waals surface area (Å²) in [6.45, 7) is 0.0283. The molecule has 0 aliphatic rings. The van der Waals surface area contributed by atoms with E-state index in [0.717, 1.165) is 5.56 Å². The molecule has 1 unspecified atom stereocenters. The molecule has 13 heteroatoms. The number of fused-ring (bicyclic) bond motifs is 1. The zero-order valence-corrected chi connectivity index (χ0v) is 19.9. The standard InChI is InChI=1S/C24H22F3N5O5/c1-13(23(34)35)32-11-16(9-30-32)14-4-5-31-17(10-28-20(31)8-14)15-6-18(36-2)21(19(7-15)37-3)22(33)29-12-24(25,26)27/h4-11,13H,12H2,1-3H3,(H,29,33)(H,34,35). The van der Waals surface area contributed by atoms with Crippen molar-refractivity contribution in [2.45, 2.75) is 19.1 Å². The quantitative estimate of drug-likeness (QED) is 0.365. The zero-order chi connectivity index (χ0) is 26.9. The third kappa shape index (κ3) is 5.20. The number of alkyl halides is 3. The number of methoxy groups -OCH3 is 2. The van der Waals surface area contributed by atoms with Gasteiger partial charge in [-0.05, 0) is 36.8 Å². The van der Waals surface area contributed by atoms with Crippen LogP contribution < -0.4 is 14.8 Å². The van der Waals surface area contributed by atoms with Crippen LogP contribution >= 0.6 is 0 Å². The van der Waals surface area contributed by atoms with Gasteiger partial charge in [0.25, 0.3) is 5.91 Å². The Kier molecular flexibility index (Phi) is 6.79. The van der Waals surface area contributed by atoms with Gasteiger partial charge in [-0.1, -0.05) is 0 Å². The smallest absolute Gasteiger partial charge is 0.405 e. The molecule has 1 amide bonds. The molecule has 0 spiro atoms. The first-order chi connectivity index (χ1) is 17.5. The van der Waals surface area contributed by atoms with Crippen molar-refractivity contribution in [3.05, 3.63) is 54.6 Å². The lowest BCUT2D eigenvalue weighted by Crippen LogP contribution is -2.34. The summed E-state index contributed by atoms with van der Waals surface area (Å²) in [5, 5.41) is 15.1. The average Bonchev–Trinajstić information content (AvgIpc) is 3.52. The maximum atomic E-state index is 12.6. The number of amides is 1. The van der Waals surface area contributed by atoms with Crippen molar-refractivity contribution in [2.75, 3.05) is 20.8 Å². The van der Waals surface area contributed by atoms with Gasteiger partial charge in [-0.25, -0.2) is 9.78 Å². The Morgan fingerprint density at radius 2 is 1.76 bits per heavy atom. The first-order valence-corrected chi connectivity index (χ1v) is 10.9. The summed E-state index contributed by atoms with van der Waals surface area (Å²) in [6, 6.07) is 5.81. The highest BCUT2D eigenvalue weighted by Crippen LogP contribution is 2.36. The summed E-state index contributed by atoms with van der Waals surface area (Å²) in [7, 11) is 2.59. The van der Waals surface area contributed by atoms with E-state index < -0.39 is 30.6 Å². The lowest BCUT2D eigenvalue weighted by molar-refractivity contribution is -0.140. The first kappa shape index (κ1) is 25.5. The van der Waals surface area contributed by atoms with Crippen molar-refractivity contribution in [1.82, 2.24) is 24.5 Å². The van der Waals surface area contributed by atoms with E-state index >= 15 is 0 Å². The van der Waals surface area contributed by atoms with Crippen molar-refractivity contribution in [3.8, 4) is 33.9 Å². The van der Waals surface area contributed by atoms with Gasteiger partial charge in [0.15, 0.2) is 0 Å². The van der Waals surface area contributed by atoms with Gasteiger partial charge >= 0.3 is 12.1 Å². The number of carbonyl (C=O) groups is 2. The van der Waals surface area contributed by atoms with Crippen LogP contribution in [-0.4, -0.2) is 63.1 Å². The highest BCUT2D eigenvalue weighted by atomic mass is 19.4. The zero-order valence-electron chi connectivity index (χ0n) is 19.9. The van der Waals surface area contributed by atoms with E-state index in [1.165, 1.54) is 38.0 Å². The number of hydrogen-bond donors (Lipinski definition) is 2. The summed E-state index contributed by atoms with van der Waals surface area (Å²) < 4.78 is 51.5. The number of halogens is 3. The fraction of sp³-hybridized carbons (Fsp3) is 0.250. The Balaban J connectivity index is 1.70. The lowest BCUT2D eigenvalue weighted by atomic mass is 10.1. The molecule has 37 heavy (non-hydrogen) atoms. The number of benzene rings is 1. The molecule has 0 saturated heterocycles. The molecule has 2 N–H and O–H groups in total. The van der Waals surface area contributed by atoms with Crippen LogP contribution in [0.2, 0.25) is 0 Å². The van der Waals surface area contributed by atoms with Gasteiger partial charge < -0.3 is 19.9 Å². The molecule has 0 aliphatic carbocycles. The highest BCUT2D eigenvalue weighted by Gasteiger charge is 2.30. The van der Waals surface area contributed by atoms with Gasteiger partial charge in [0.2, 0.25) is 0 Å². The molecular weight excluding hydrogens is 495 g/mol. The molecule has 4 rings (SSSR count). The maximum Gasteiger partial charge on any atom is 0.405 e. The number of aliphatic carboxylic acids is 1. The van der Waals surface area contributed by atoms with Gasteiger partial charge in [-0.3, -0.25) is 13.9 Å². The summed E-state index contributed by atoms with van der Waals surface area (Å²) in [5.74, 6) is -1.93. The fourth-order valence-corrected chi connectivity index (χ4v) is 3.74. The molecule has 3 aromatic heterocycles. The van der Waals surface area contributed by atoms with Crippen molar-refractivity contribution in [3.63, 3.8) is 0 Å². The van der Waals surface area contributed by atoms with Crippen molar-refractivity contribution < 1.29 is 37.3 Å². The maximum absolute atomic E-state index is 12.6. The van der Waals surface area contributed by atoms with E-state index in [9.17, 15) is 27.9 Å². The Morgan fingerprint density at radius 1 is 1.08 bits per heavy atom. The van der Waals surface area contributed by atoms with E-state index in [2.05, 4.69) is 10.1 Å². The van der Waals surface area contributed by atoms with Gasteiger partial charge in [0, 0.05) is 23.5 Å². The molecule has 0 aliphatic heterocycles. The van der Waals surface area contributed by atoms with Crippen LogP contribution in [0.1, 0.15) is 23.3 Å². The molecule has 0 fully saturated rings. The Hall–Kier alpha value is -4.55. The van der Waals surface area contributed by atoms with E-state index in [1.54, 1.807) is 41.3 Å². The molecule has 10 nitrogen and oxygen atoms in total. The molecule has 194 valence electrons. The van der Waals surface area contributed by atoms with Crippen LogP contribution in [0.3, 0.4) is 0 Å². The minimum Gasteiger partial charge on any atom is -0.496 e. The SMILES string of the molecule is COc1cc(-c2cnc3cc(-c4cnn(C(C)C(=O)O)c4)ccn23)cc(OC)c1C(=O)NCC(F)(F)F. The van der Waals surface area contributed by atoms with Crippen LogP contribution in [0.4, 0.5) is 13.2 Å². The predicted molar refractivity (Wildman–Crippen MR) is 126 cm³/mol. The summed E-state index contributed by atoms with van der Waals surface area (Å²) in [4.78, 5) is 28.1. The Bertz CT molecular complexity index is 1450. The van der Waals surface area contributed by atoms with Crippen LogP contribution in [0.25, 0.3) is 28.0 Å². The minimum atomic E-state index is -4.57. The number of imidazole rings is 1. The molecule has 1 atom stereocenters. The number of pyridine rings is 1. The molecule has 4 aromatic rings. The van der Waals surface area contributed by atoms with Crippen molar-refractivity contribution in [2.24, 2.45) is 0 Å². The molecule has 1 aromatic carbocycles. The number of carbonyl (C=O) groups excluding carboxylic acids is 1. The fourth-order valence-electron chi connectivity index (χ4n) is 3.74. The molecule has 0 saturated carbocycles. The molecule has 0 radical (unpaired) electrons. The van der Waals surface area contributed by atoms with Crippen molar-refractivity contribution >= 4 is 17.5 Å².